The van der Waals surface area contributed by atoms with Gasteiger partial charge in [-0.25, -0.2) is 9.78 Å². The van der Waals surface area contributed by atoms with E-state index in [4.69, 9.17) is 5.11 Å². The van der Waals surface area contributed by atoms with Gasteiger partial charge in [0.25, 0.3) is 10.0 Å². The first-order chi connectivity index (χ1) is 9.35. The van der Waals surface area contributed by atoms with Gasteiger partial charge in [-0.3, -0.25) is 4.72 Å². The predicted octanol–water partition coefficient (Wildman–Crippen LogP) is 1.04. The zero-order valence-electron chi connectivity index (χ0n) is 10.9. The number of hydrogen-bond donors (Lipinski definition) is 3. The molecule has 2 rings (SSSR count). The van der Waals surface area contributed by atoms with Crippen LogP contribution in [-0.2, 0) is 16.6 Å². The van der Waals surface area contributed by atoms with E-state index in [0.29, 0.717) is 12.2 Å². The van der Waals surface area contributed by atoms with Gasteiger partial charge < -0.3 is 14.7 Å². The number of rotatable bonds is 5. The van der Waals surface area contributed by atoms with Crippen molar-refractivity contribution in [3.05, 3.63) is 30.0 Å². The molecule has 0 aliphatic rings. The quantitative estimate of drug-likeness (QED) is 0.762. The molecule has 3 N–H and O–H groups in total. The highest BCUT2D eigenvalue weighted by Gasteiger charge is 2.23. The number of carbonyl (C=O) groups is 1. The second-order valence-electron chi connectivity index (χ2n) is 4.16. The molecule has 108 valence electrons. The number of aryl methyl sites for hydroxylation is 2. The summed E-state index contributed by atoms with van der Waals surface area (Å²) in [7, 11) is -3.91. The molecule has 2 aromatic rings. The van der Waals surface area contributed by atoms with E-state index in [9.17, 15) is 13.2 Å². The molecular formula is C11H14N4O4S. The average molecular weight is 298 g/mol. The maximum atomic E-state index is 12.1. The molecule has 0 radical (unpaired) electrons. The summed E-state index contributed by atoms with van der Waals surface area (Å²) in [6.45, 7) is 3.99. The highest BCUT2D eigenvalue weighted by molar-refractivity contribution is 7.92. The Kier molecular flexibility index (Phi) is 3.53. The number of carboxylic acids is 1. The number of aromatic nitrogens is 3. The molecule has 0 fully saturated rings. The first-order valence-corrected chi connectivity index (χ1v) is 7.29. The molecule has 0 spiro atoms. The number of aromatic carboxylic acids is 1. The molecule has 0 unspecified atom stereocenters. The Hall–Kier alpha value is -2.29. The first kappa shape index (κ1) is 14.1. The van der Waals surface area contributed by atoms with Crippen LogP contribution in [0.1, 0.15) is 23.0 Å². The van der Waals surface area contributed by atoms with Crippen LogP contribution in [0.3, 0.4) is 0 Å². The normalized spacial score (nSPS) is 11.5. The summed E-state index contributed by atoms with van der Waals surface area (Å²) < 4.78 is 28.1. The topological polar surface area (TPSA) is 117 Å². The fraction of sp³-hybridized carbons (Fsp3) is 0.273. The van der Waals surface area contributed by atoms with Gasteiger partial charge in [-0.2, -0.15) is 8.42 Å². The van der Waals surface area contributed by atoms with E-state index in [1.807, 2.05) is 6.92 Å². The lowest BCUT2D eigenvalue weighted by atomic mass is 10.2. The van der Waals surface area contributed by atoms with Crippen molar-refractivity contribution in [3.63, 3.8) is 0 Å². The lowest BCUT2D eigenvalue weighted by molar-refractivity contribution is 0.0697. The van der Waals surface area contributed by atoms with Crippen molar-refractivity contribution < 1.29 is 18.3 Å². The van der Waals surface area contributed by atoms with Crippen LogP contribution in [0.4, 0.5) is 5.69 Å². The molecule has 2 aromatic heterocycles. The van der Waals surface area contributed by atoms with Crippen molar-refractivity contribution in [3.8, 4) is 0 Å². The number of sulfonamides is 1. The molecular weight excluding hydrogens is 284 g/mol. The predicted molar refractivity (Wildman–Crippen MR) is 71.2 cm³/mol. The van der Waals surface area contributed by atoms with E-state index < -0.39 is 16.0 Å². The summed E-state index contributed by atoms with van der Waals surface area (Å²) >= 11 is 0. The minimum absolute atomic E-state index is 0.0129. The van der Waals surface area contributed by atoms with Gasteiger partial charge in [0, 0.05) is 24.6 Å². The van der Waals surface area contributed by atoms with Gasteiger partial charge in [0.1, 0.15) is 5.56 Å². The molecule has 0 amide bonds. The Morgan fingerprint density at radius 1 is 1.55 bits per heavy atom. The maximum absolute atomic E-state index is 12.1. The van der Waals surface area contributed by atoms with Crippen LogP contribution in [0.25, 0.3) is 0 Å². The van der Waals surface area contributed by atoms with Crippen molar-refractivity contribution in [2.45, 2.75) is 25.4 Å². The van der Waals surface area contributed by atoms with Crippen LogP contribution in [0.5, 0.6) is 0 Å². The minimum Gasteiger partial charge on any atom is -0.478 e. The Balaban J connectivity index is 2.36. The lowest BCUT2D eigenvalue weighted by Gasteiger charge is -2.05. The van der Waals surface area contributed by atoms with E-state index >= 15 is 0 Å². The van der Waals surface area contributed by atoms with Gasteiger partial charge in [0.05, 0.1) is 12.0 Å². The number of carboxylic acid groups (broad SMARTS) is 1. The van der Waals surface area contributed by atoms with Crippen molar-refractivity contribution in [1.29, 1.82) is 0 Å². The third-order valence-corrected chi connectivity index (χ3v) is 4.04. The number of aromatic amines is 1. The van der Waals surface area contributed by atoms with Gasteiger partial charge in [0.15, 0.2) is 5.03 Å². The van der Waals surface area contributed by atoms with Crippen molar-refractivity contribution in [1.82, 2.24) is 14.5 Å². The Morgan fingerprint density at radius 3 is 2.80 bits per heavy atom. The van der Waals surface area contributed by atoms with Crippen molar-refractivity contribution in [2.75, 3.05) is 4.72 Å². The smallest absolute Gasteiger partial charge is 0.339 e. The largest absolute Gasteiger partial charge is 0.478 e. The highest BCUT2D eigenvalue weighted by Crippen LogP contribution is 2.22. The van der Waals surface area contributed by atoms with Crippen LogP contribution in [-0.4, -0.2) is 34.0 Å². The van der Waals surface area contributed by atoms with Crippen LogP contribution in [0.15, 0.2) is 23.7 Å². The number of hydrogen-bond acceptors (Lipinski definition) is 4. The van der Waals surface area contributed by atoms with E-state index in [1.54, 1.807) is 11.5 Å². The Bertz CT molecular complexity index is 744. The summed E-state index contributed by atoms with van der Waals surface area (Å²) in [4.78, 5) is 17.6. The number of nitrogens with one attached hydrogen (secondary N) is 2. The molecule has 0 bridgehead atoms. The monoisotopic (exact) mass is 298 g/mol. The van der Waals surface area contributed by atoms with E-state index in [1.165, 1.54) is 18.7 Å². The molecule has 8 nitrogen and oxygen atoms in total. The van der Waals surface area contributed by atoms with Crippen LogP contribution >= 0.6 is 0 Å². The van der Waals surface area contributed by atoms with Crippen molar-refractivity contribution >= 4 is 21.7 Å². The van der Waals surface area contributed by atoms with E-state index in [2.05, 4.69) is 14.7 Å². The maximum Gasteiger partial charge on any atom is 0.339 e. The highest BCUT2D eigenvalue weighted by atomic mass is 32.2. The van der Waals surface area contributed by atoms with Gasteiger partial charge in [0.2, 0.25) is 0 Å². The van der Waals surface area contributed by atoms with E-state index in [-0.39, 0.29) is 16.3 Å². The van der Waals surface area contributed by atoms with Crippen LogP contribution in [0, 0.1) is 6.92 Å². The second-order valence-corrected chi connectivity index (χ2v) is 5.78. The second kappa shape index (κ2) is 5.00. The SMILES string of the molecule is CCn1cnc(S(=O)(=O)Nc2c[nH]c(C)c2C(=O)O)c1. The Morgan fingerprint density at radius 2 is 2.25 bits per heavy atom. The molecule has 20 heavy (non-hydrogen) atoms. The lowest BCUT2D eigenvalue weighted by Crippen LogP contribution is -2.15. The first-order valence-electron chi connectivity index (χ1n) is 5.81. The fourth-order valence-corrected chi connectivity index (χ4v) is 2.75. The average Bonchev–Trinajstić information content (AvgIpc) is 2.96. The summed E-state index contributed by atoms with van der Waals surface area (Å²) in [5, 5.41) is 8.91. The Labute approximate surface area is 115 Å². The fourth-order valence-electron chi connectivity index (χ4n) is 1.73. The third-order valence-electron chi connectivity index (χ3n) is 2.79. The van der Waals surface area contributed by atoms with Crippen LogP contribution < -0.4 is 4.72 Å². The molecule has 2 heterocycles. The van der Waals surface area contributed by atoms with Crippen molar-refractivity contribution in [2.24, 2.45) is 0 Å². The summed E-state index contributed by atoms with van der Waals surface area (Å²) in [5.41, 5.74) is 0.249. The third kappa shape index (κ3) is 2.52. The minimum atomic E-state index is -3.91. The summed E-state index contributed by atoms with van der Waals surface area (Å²) in [6, 6.07) is 0. The van der Waals surface area contributed by atoms with Gasteiger partial charge >= 0.3 is 5.97 Å². The van der Waals surface area contributed by atoms with Gasteiger partial charge in [-0.1, -0.05) is 0 Å². The van der Waals surface area contributed by atoms with E-state index in [0.717, 1.165) is 0 Å². The molecule has 0 aliphatic carbocycles. The number of nitrogens with zero attached hydrogens (tertiary/aromatic N) is 2. The number of H-pyrrole nitrogens is 1. The van der Waals surface area contributed by atoms with Crippen LogP contribution in [0.2, 0.25) is 0 Å². The summed E-state index contributed by atoms with van der Waals surface area (Å²) in [6.07, 6.45) is 4.07. The molecule has 0 aliphatic heterocycles. The number of imidazole rings is 1. The standard InChI is InChI=1S/C11H14N4O4S/c1-3-15-5-9(13-6-15)20(18,19)14-8-4-12-7(2)10(8)11(16)17/h4-6,12,14H,3H2,1-2H3,(H,16,17). The number of anilines is 1. The summed E-state index contributed by atoms with van der Waals surface area (Å²) in [5.74, 6) is -1.21. The zero-order chi connectivity index (χ0) is 14.9. The molecule has 0 aromatic carbocycles. The zero-order valence-corrected chi connectivity index (χ0v) is 11.7. The van der Waals surface area contributed by atoms with Gasteiger partial charge in [-0.05, 0) is 13.8 Å². The molecule has 0 saturated heterocycles. The van der Waals surface area contributed by atoms with Gasteiger partial charge in [-0.15, -0.1) is 0 Å². The molecule has 0 saturated carbocycles. The molecule has 9 heteroatoms. The molecule has 0 atom stereocenters.